The molecule has 5 nitrogen and oxygen atoms in total. The third kappa shape index (κ3) is 8.95. The van der Waals surface area contributed by atoms with Gasteiger partial charge in [0.15, 0.2) is 0 Å². The lowest BCUT2D eigenvalue weighted by molar-refractivity contribution is 0.669. The molecular weight excluding hydrogens is 1070 g/mol. The summed E-state index contributed by atoms with van der Waals surface area (Å²) in [5, 5.41) is 6.73. The van der Waals surface area contributed by atoms with Crippen molar-refractivity contribution in [2.24, 2.45) is 0 Å². The molecular formula is C83H56N4O. The average Bonchev–Trinajstić information content (AvgIpc) is 1.71. The number of aromatic nitrogens is 4. The number of hydrogen-bond acceptors (Lipinski definition) is 3. The van der Waals surface area contributed by atoms with E-state index in [1.807, 2.05) is 36.7 Å². The zero-order chi connectivity index (χ0) is 58.7. The lowest BCUT2D eigenvalue weighted by Crippen LogP contribution is -1.95. The summed E-state index contributed by atoms with van der Waals surface area (Å²) >= 11 is 0. The number of furan rings is 1. The third-order valence-corrected chi connectivity index (χ3v) is 17.4. The summed E-state index contributed by atoms with van der Waals surface area (Å²) in [7, 11) is 0. The number of benzene rings is 11. The number of pyridine rings is 2. The summed E-state index contributed by atoms with van der Waals surface area (Å²) in [5.74, 6) is 0. The van der Waals surface area contributed by atoms with Crippen molar-refractivity contribution >= 4 is 71.1 Å². The smallest absolute Gasteiger partial charge is 0.135 e. The molecule has 0 unspecified atom stereocenters. The summed E-state index contributed by atoms with van der Waals surface area (Å²) in [5.41, 5.74) is 26.2. The SMILES string of the molecule is C=C/C=C\C=C(/C)c1ccccc1-c1ccc2c(c1)c1cc(-c3ccccc3-c3ccccn3)ccc1n2-c1ccc2oc3ccc(-n4c5ccc(-c6ccccc6-c6ccccc6)cc5c5cc(-c6ccccc6-c6ccccn6)ccc54)cc3c2c1. The zero-order valence-electron chi connectivity index (χ0n) is 48.3. The van der Waals surface area contributed by atoms with Crippen molar-refractivity contribution in [1.29, 1.82) is 0 Å². The highest BCUT2D eigenvalue weighted by atomic mass is 16.3. The Bertz CT molecular complexity index is 5330. The molecule has 0 N–H and O–H groups in total. The maximum absolute atomic E-state index is 6.77. The number of rotatable bonds is 12. The summed E-state index contributed by atoms with van der Waals surface area (Å²) in [6.45, 7) is 6.06. The van der Waals surface area contributed by atoms with Gasteiger partial charge in [-0.05, 0) is 183 Å². The van der Waals surface area contributed by atoms with Crippen LogP contribution in [0.25, 0.3) is 161 Å². The lowest BCUT2D eigenvalue weighted by atomic mass is 9.93. The van der Waals surface area contributed by atoms with Crippen LogP contribution >= 0.6 is 0 Å². The fourth-order valence-electron chi connectivity index (χ4n) is 13.3. The minimum atomic E-state index is 0.829. The topological polar surface area (TPSA) is 48.8 Å². The number of nitrogens with zero attached hydrogens (tertiary/aromatic N) is 4. The first-order chi connectivity index (χ1) is 43.5. The number of allylic oxidation sites excluding steroid dienone is 5. The molecule has 0 radical (unpaired) electrons. The molecule has 0 atom stereocenters. The van der Waals surface area contributed by atoms with Crippen LogP contribution in [0.1, 0.15) is 12.5 Å². The van der Waals surface area contributed by atoms with E-state index < -0.39 is 0 Å². The molecule has 0 fully saturated rings. The molecule has 0 amide bonds. The standard InChI is InChI=1S/C83H56N4O/c1-3-4-6-21-54(2)62-24-9-10-26-64(62)56-34-40-78-70(48-56)72-50-58(66-28-13-15-30-68(66)76-32-17-19-46-84-76)36-42-80(72)86(78)60-38-44-82-74(52-60)75-53-61(39-45-83(75)88-82)87-79-41-35-57(65-27-12-11-25-63(65)55-22-7-5-8-23-55)49-71(79)73-51-59(37-43-81(73)87)67-29-14-16-31-69(67)77-33-18-20-47-85-77/h3-53H,1H2,2H3/b6-4-,54-21+. The third-order valence-electron chi connectivity index (χ3n) is 17.4. The predicted octanol–water partition coefficient (Wildman–Crippen LogP) is 22.4. The van der Waals surface area contributed by atoms with Crippen molar-refractivity contribution < 1.29 is 4.42 Å². The van der Waals surface area contributed by atoms with Crippen molar-refractivity contribution in [3.05, 3.63) is 322 Å². The first-order valence-corrected chi connectivity index (χ1v) is 29.9. The van der Waals surface area contributed by atoms with Crippen molar-refractivity contribution in [3.8, 4) is 89.5 Å². The molecule has 5 heterocycles. The normalized spacial score (nSPS) is 12.0. The van der Waals surface area contributed by atoms with Gasteiger partial charge in [-0.1, -0.05) is 195 Å². The minimum Gasteiger partial charge on any atom is -0.456 e. The Hall–Kier alpha value is -11.7. The Balaban J connectivity index is 0.877. The van der Waals surface area contributed by atoms with E-state index >= 15 is 0 Å². The highest BCUT2D eigenvalue weighted by Gasteiger charge is 2.22. The van der Waals surface area contributed by atoms with Gasteiger partial charge in [-0.2, -0.15) is 0 Å². The van der Waals surface area contributed by atoms with Crippen LogP contribution in [0.15, 0.2) is 321 Å². The Kier molecular flexibility index (Phi) is 12.8. The van der Waals surface area contributed by atoms with E-state index in [0.29, 0.717) is 0 Å². The van der Waals surface area contributed by atoms with E-state index in [1.165, 1.54) is 38.8 Å². The van der Waals surface area contributed by atoms with Gasteiger partial charge in [-0.3, -0.25) is 9.97 Å². The van der Waals surface area contributed by atoms with Gasteiger partial charge in [-0.15, -0.1) is 0 Å². The van der Waals surface area contributed by atoms with E-state index in [9.17, 15) is 0 Å². The Morgan fingerprint density at radius 2 is 0.727 bits per heavy atom. The molecule has 414 valence electrons. The van der Waals surface area contributed by atoms with Gasteiger partial charge in [0.2, 0.25) is 0 Å². The summed E-state index contributed by atoms with van der Waals surface area (Å²) < 4.78 is 11.6. The van der Waals surface area contributed by atoms with Crippen LogP contribution in [0.5, 0.6) is 0 Å². The first-order valence-electron chi connectivity index (χ1n) is 29.9. The highest BCUT2D eigenvalue weighted by molar-refractivity contribution is 6.15. The second kappa shape index (κ2) is 21.8. The zero-order valence-corrected chi connectivity index (χ0v) is 48.3. The van der Waals surface area contributed by atoms with Crippen molar-refractivity contribution in [3.63, 3.8) is 0 Å². The van der Waals surface area contributed by atoms with Crippen LogP contribution in [-0.2, 0) is 0 Å². The van der Waals surface area contributed by atoms with Gasteiger partial charge < -0.3 is 13.6 Å². The quantitative estimate of drug-likeness (QED) is 0.115. The lowest BCUT2D eigenvalue weighted by Gasteiger charge is -2.12. The van der Waals surface area contributed by atoms with Crippen LogP contribution in [0.4, 0.5) is 0 Å². The highest BCUT2D eigenvalue weighted by Crippen LogP contribution is 2.45. The Labute approximate surface area is 510 Å². The maximum atomic E-state index is 6.77. The first kappa shape index (κ1) is 51.9. The monoisotopic (exact) mass is 1120 g/mol. The summed E-state index contributed by atoms with van der Waals surface area (Å²) in [6, 6.07) is 98.6. The minimum absolute atomic E-state index is 0.829. The van der Waals surface area contributed by atoms with Gasteiger partial charge in [-0.25, -0.2) is 0 Å². The summed E-state index contributed by atoms with van der Waals surface area (Å²) in [4.78, 5) is 9.58. The van der Waals surface area contributed by atoms with E-state index in [2.05, 4.69) is 296 Å². The molecule has 5 aromatic heterocycles. The maximum Gasteiger partial charge on any atom is 0.135 e. The second-order valence-electron chi connectivity index (χ2n) is 22.5. The predicted molar refractivity (Wildman–Crippen MR) is 369 cm³/mol. The molecule has 0 aliphatic carbocycles. The van der Waals surface area contributed by atoms with Gasteiger partial charge in [0, 0.05) is 67.2 Å². The second-order valence-corrected chi connectivity index (χ2v) is 22.5. The molecule has 0 saturated heterocycles. The molecule has 88 heavy (non-hydrogen) atoms. The molecule has 5 heteroatoms. The fourth-order valence-corrected chi connectivity index (χ4v) is 13.3. The van der Waals surface area contributed by atoms with E-state index in [0.717, 1.165) is 127 Å². The van der Waals surface area contributed by atoms with Crippen molar-refractivity contribution in [2.45, 2.75) is 6.92 Å². The van der Waals surface area contributed by atoms with E-state index in [1.54, 1.807) is 0 Å². The van der Waals surface area contributed by atoms with Gasteiger partial charge >= 0.3 is 0 Å². The molecule has 0 spiro atoms. The molecule has 0 saturated carbocycles. The van der Waals surface area contributed by atoms with Crippen LogP contribution in [0.2, 0.25) is 0 Å². The fraction of sp³-hybridized carbons (Fsp3) is 0.0120. The number of fused-ring (bicyclic) bond motifs is 9. The van der Waals surface area contributed by atoms with Crippen molar-refractivity contribution in [2.75, 3.05) is 0 Å². The van der Waals surface area contributed by atoms with Crippen LogP contribution in [0, 0.1) is 0 Å². The summed E-state index contributed by atoms with van der Waals surface area (Å²) in [6.07, 6.45) is 11.7. The number of hydrogen-bond donors (Lipinski definition) is 0. The van der Waals surface area contributed by atoms with Gasteiger partial charge in [0.25, 0.3) is 0 Å². The molecule has 16 aromatic rings. The van der Waals surface area contributed by atoms with Crippen LogP contribution in [-0.4, -0.2) is 19.1 Å². The van der Waals surface area contributed by atoms with Crippen molar-refractivity contribution in [1.82, 2.24) is 19.1 Å². The van der Waals surface area contributed by atoms with Crippen LogP contribution in [0.3, 0.4) is 0 Å². The van der Waals surface area contributed by atoms with Gasteiger partial charge in [0.1, 0.15) is 11.2 Å². The molecule has 11 aromatic carbocycles. The van der Waals surface area contributed by atoms with Gasteiger partial charge in [0.05, 0.1) is 33.5 Å². The molecule has 0 aliphatic heterocycles. The Morgan fingerprint density at radius 1 is 0.341 bits per heavy atom. The molecule has 0 bridgehead atoms. The van der Waals surface area contributed by atoms with Crippen LogP contribution < -0.4 is 0 Å². The molecule has 16 rings (SSSR count). The Morgan fingerprint density at radius 3 is 1.17 bits per heavy atom. The largest absolute Gasteiger partial charge is 0.456 e. The van der Waals surface area contributed by atoms with E-state index in [-0.39, 0.29) is 0 Å². The molecule has 0 aliphatic rings. The van der Waals surface area contributed by atoms with E-state index in [4.69, 9.17) is 14.4 Å². The average molecular weight is 1130 g/mol.